The summed E-state index contributed by atoms with van der Waals surface area (Å²) in [6.45, 7) is 0.509. The lowest BCUT2D eigenvalue weighted by molar-refractivity contribution is 0.301. The lowest BCUT2D eigenvalue weighted by Gasteiger charge is -2.18. The molecule has 4 heteroatoms. The Hall–Kier alpha value is -2.62. The number of ether oxygens (including phenoxy) is 1. The minimum Gasteiger partial charge on any atom is -0.487 e. The van der Waals surface area contributed by atoms with E-state index in [2.05, 4.69) is 40.6 Å². The van der Waals surface area contributed by atoms with Crippen LogP contribution in [0.3, 0.4) is 0 Å². The Kier molecular flexibility index (Phi) is 2.92. The van der Waals surface area contributed by atoms with Crippen LogP contribution in [0.2, 0.25) is 0 Å². The average Bonchev–Trinajstić information content (AvgIpc) is 2.95. The van der Waals surface area contributed by atoms with Gasteiger partial charge in [-0.2, -0.15) is 0 Å². The molecule has 2 aromatic carbocycles. The zero-order valence-electron chi connectivity index (χ0n) is 11.5. The van der Waals surface area contributed by atoms with Crippen molar-refractivity contribution in [3.05, 3.63) is 77.6 Å². The summed E-state index contributed by atoms with van der Waals surface area (Å²) in [6.07, 6.45) is 2.65. The molecule has 0 amide bonds. The molecule has 0 radical (unpaired) electrons. The van der Waals surface area contributed by atoms with Gasteiger partial charge in [-0.3, -0.25) is 0 Å². The third-order valence-corrected chi connectivity index (χ3v) is 3.87. The predicted molar refractivity (Wildman–Crippen MR) is 79.1 cm³/mol. The normalized spacial score (nSPS) is 16.5. The molecule has 0 saturated heterocycles. The van der Waals surface area contributed by atoms with E-state index in [0.717, 1.165) is 23.4 Å². The highest BCUT2D eigenvalue weighted by atomic mass is 16.5. The monoisotopic (exact) mass is 277 g/mol. The van der Waals surface area contributed by atoms with Crippen molar-refractivity contribution in [2.24, 2.45) is 0 Å². The molecule has 0 saturated carbocycles. The van der Waals surface area contributed by atoms with Crippen LogP contribution in [0.5, 0.6) is 5.75 Å². The highest BCUT2D eigenvalue weighted by Gasteiger charge is 2.25. The van der Waals surface area contributed by atoms with Crippen LogP contribution in [0, 0.1) is 0 Å². The molecule has 1 aromatic heterocycles. The molecule has 1 atom stereocenters. The Morgan fingerprint density at radius 1 is 1.05 bits per heavy atom. The van der Waals surface area contributed by atoms with Crippen molar-refractivity contribution >= 4 is 0 Å². The molecule has 0 aliphatic carbocycles. The maximum atomic E-state index is 5.90. The molecule has 4 nitrogen and oxygen atoms in total. The van der Waals surface area contributed by atoms with Crippen molar-refractivity contribution in [1.29, 1.82) is 0 Å². The summed E-state index contributed by atoms with van der Waals surface area (Å²) in [5.74, 6) is 0.934. The lowest BCUT2D eigenvalue weighted by Crippen LogP contribution is -2.16. The number of hydrogen-bond donors (Lipinski definition) is 0. The van der Waals surface area contributed by atoms with Crippen molar-refractivity contribution in [3.8, 4) is 5.75 Å². The summed E-state index contributed by atoms with van der Waals surface area (Å²) in [5, 5.41) is 8.32. The maximum absolute atomic E-state index is 5.90. The second-order valence-corrected chi connectivity index (χ2v) is 5.20. The van der Waals surface area contributed by atoms with Crippen LogP contribution < -0.4 is 4.74 Å². The van der Waals surface area contributed by atoms with E-state index in [0.29, 0.717) is 6.61 Å². The first kappa shape index (κ1) is 12.1. The Labute approximate surface area is 123 Å². The molecule has 0 spiro atoms. The smallest absolute Gasteiger partial charge is 0.132 e. The van der Waals surface area contributed by atoms with Gasteiger partial charge in [-0.25, -0.2) is 4.68 Å². The summed E-state index contributed by atoms with van der Waals surface area (Å²) < 4.78 is 7.89. The highest BCUT2D eigenvalue weighted by molar-refractivity contribution is 5.38. The fraction of sp³-hybridized carbons (Fsp3) is 0.176. The largest absolute Gasteiger partial charge is 0.487 e. The van der Waals surface area contributed by atoms with E-state index in [1.165, 1.54) is 5.56 Å². The molecule has 0 bridgehead atoms. The van der Waals surface area contributed by atoms with Crippen LogP contribution in [0.4, 0.5) is 0 Å². The van der Waals surface area contributed by atoms with Gasteiger partial charge >= 0.3 is 0 Å². The first-order chi connectivity index (χ1) is 10.4. The molecular formula is C17H15N3O. The number of rotatable bonds is 2. The number of benzene rings is 2. The standard InChI is InChI=1S/C17H15N3O/c1-2-6-13(7-3-1)10-16-15-8-4-5-9-17(15)21-12-14-11-18-19-20(14)16/h1-9,11,16H,10,12H2. The second kappa shape index (κ2) is 5.05. The van der Waals surface area contributed by atoms with E-state index < -0.39 is 0 Å². The Balaban J connectivity index is 1.81. The van der Waals surface area contributed by atoms with E-state index in [1.54, 1.807) is 6.20 Å². The van der Waals surface area contributed by atoms with E-state index in [9.17, 15) is 0 Å². The summed E-state index contributed by atoms with van der Waals surface area (Å²) in [4.78, 5) is 0. The fourth-order valence-electron chi connectivity index (χ4n) is 2.84. The molecule has 21 heavy (non-hydrogen) atoms. The van der Waals surface area contributed by atoms with Gasteiger partial charge in [-0.05, 0) is 18.1 Å². The fourth-order valence-corrected chi connectivity index (χ4v) is 2.84. The van der Waals surface area contributed by atoms with Gasteiger partial charge in [0.15, 0.2) is 0 Å². The number of aromatic nitrogens is 3. The highest BCUT2D eigenvalue weighted by Crippen LogP contribution is 2.33. The zero-order chi connectivity index (χ0) is 14.1. The van der Waals surface area contributed by atoms with Gasteiger partial charge in [-0.1, -0.05) is 53.7 Å². The number of para-hydroxylation sites is 1. The minimum absolute atomic E-state index is 0.114. The summed E-state index contributed by atoms with van der Waals surface area (Å²) >= 11 is 0. The number of nitrogens with zero attached hydrogens (tertiary/aromatic N) is 3. The molecule has 1 unspecified atom stereocenters. The minimum atomic E-state index is 0.114. The summed E-state index contributed by atoms with van der Waals surface area (Å²) in [5.41, 5.74) is 3.44. The molecular weight excluding hydrogens is 262 g/mol. The SMILES string of the molecule is c1ccc(CC2c3ccccc3OCc3cnnn32)cc1. The van der Waals surface area contributed by atoms with Crippen molar-refractivity contribution in [3.63, 3.8) is 0 Å². The van der Waals surface area contributed by atoms with Gasteiger partial charge in [0.25, 0.3) is 0 Å². The third kappa shape index (κ3) is 2.18. The summed E-state index contributed by atoms with van der Waals surface area (Å²) in [7, 11) is 0. The Morgan fingerprint density at radius 2 is 1.86 bits per heavy atom. The molecule has 0 N–H and O–H groups in total. The average molecular weight is 277 g/mol. The van der Waals surface area contributed by atoms with Gasteiger partial charge in [0, 0.05) is 5.56 Å². The lowest BCUT2D eigenvalue weighted by atomic mass is 9.98. The van der Waals surface area contributed by atoms with Crippen LogP contribution in [-0.4, -0.2) is 15.0 Å². The zero-order valence-corrected chi connectivity index (χ0v) is 11.5. The van der Waals surface area contributed by atoms with Gasteiger partial charge in [0.1, 0.15) is 12.4 Å². The van der Waals surface area contributed by atoms with Crippen molar-refractivity contribution < 1.29 is 4.74 Å². The van der Waals surface area contributed by atoms with E-state index in [4.69, 9.17) is 4.74 Å². The van der Waals surface area contributed by atoms with Crippen LogP contribution in [0.15, 0.2) is 60.8 Å². The first-order valence-corrected chi connectivity index (χ1v) is 7.06. The molecule has 3 aromatic rings. The molecule has 2 heterocycles. The number of fused-ring (bicyclic) bond motifs is 2. The predicted octanol–water partition coefficient (Wildman–Crippen LogP) is 3.00. The van der Waals surface area contributed by atoms with Crippen LogP contribution in [0.1, 0.15) is 22.9 Å². The Morgan fingerprint density at radius 3 is 2.76 bits per heavy atom. The van der Waals surface area contributed by atoms with E-state index in [-0.39, 0.29) is 6.04 Å². The molecule has 0 fully saturated rings. The van der Waals surface area contributed by atoms with Gasteiger partial charge in [0.05, 0.1) is 17.9 Å². The number of hydrogen-bond acceptors (Lipinski definition) is 3. The molecule has 1 aliphatic heterocycles. The molecule has 1 aliphatic rings. The van der Waals surface area contributed by atoms with E-state index >= 15 is 0 Å². The van der Waals surface area contributed by atoms with Crippen LogP contribution in [-0.2, 0) is 13.0 Å². The Bertz CT molecular complexity index is 751. The van der Waals surface area contributed by atoms with Crippen molar-refractivity contribution in [1.82, 2.24) is 15.0 Å². The van der Waals surface area contributed by atoms with Crippen molar-refractivity contribution in [2.45, 2.75) is 19.1 Å². The third-order valence-electron chi connectivity index (χ3n) is 3.87. The first-order valence-electron chi connectivity index (χ1n) is 7.06. The van der Waals surface area contributed by atoms with Gasteiger partial charge < -0.3 is 4.74 Å². The van der Waals surface area contributed by atoms with Gasteiger partial charge in [-0.15, -0.1) is 5.10 Å². The maximum Gasteiger partial charge on any atom is 0.132 e. The van der Waals surface area contributed by atoms with E-state index in [1.807, 2.05) is 28.9 Å². The molecule has 4 rings (SSSR count). The summed E-state index contributed by atoms with van der Waals surface area (Å²) in [6, 6.07) is 18.8. The topological polar surface area (TPSA) is 39.9 Å². The second-order valence-electron chi connectivity index (χ2n) is 5.20. The van der Waals surface area contributed by atoms with Crippen molar-refractivity contribution in [2.75, 3.05) is 0 Å². The van der Waals surface area contributed by atoms with Gasteiger partial charge in [0.2, 0.25) is 0 Å². The van der Waals surface area contributed by atoms with Crippen LogP contribution in [0.25, 0.3) is 0 Å². The molecule has 104 valence electrons. The quantitative estimate of drug-likeness (QED) is 0.723. The van der Waals surface area contributed by atoms with Crippen LogP contribution >= 0.6 is 0 Å².